The van der Waals surface area contributed by atoms with Crippen molar-refractivity contribution in [1.82, 2.24) is 5.32 Å². The van der Waals surface area contributed by atoms with E-state index in [0.29, 0.717) is 6.04 Å². The highest BCUT2D eigenvalue weighted by molar-refractivity contribution is 8.00. The van der Waals surface area contributed by atoms with E-state index in [9.17, 15) is 4.39 Å². The van der Waals surface area contributed by atoms with Crippen LogP contribution in [0, 0.1) is 12.7 Å². The zero-order chi connectivity index (χ0) is 14.5. The summed E-state index contributed by atoms with van der Waals surface area (Å²) >= 11 is 1.94. The largest absolute Gasteiger partial charge is 0.309 e. The second-order valence-electron chi connectivity index (χ2n) is 5.94. The second-order valence-corrected chi connectivity index (χ2v) is 7.79. The molecule has 1 unspecified atom stereocenters. The van der Waals surface area contributed by atoms with E-state index in [1.54, 1.807) is 6.07 Å². The van der Waals surface area contributed by atoms with Gasteiger partial charge < -0.3 is 5.32 Å². The van der Waals surface area contributed by atoms with Crippen molar-refractivity contribution in [3.8, 4) is 0 Å². The molecule has 0 heterocycles. The smallest absolute Gasteiger partial charge is 0.126 e. The predicted molar refractivity (Wildman–Crippen MR) is 84.4 cm³/mol. The van der Waals surface area contributed by atoms with Gasteiger partial charge in [0.25, 0.3) is 0 Å². The van der Waals surface area contributed by atoms with Gasteiger partial charge in [-0.3, -0.25) is 0 Å². The van der Waals surface area contributed by atoms with Crippen molar-refractivity contribution in [3.05, 3.63) is 35.1 Å². The normalized spacial score (nSPS) is 13.6. The van der Waals surface area contributed by atoms with Crippen LogP contribution in [0.15, 0.2) is 18.2 Å². The Labute approximate surface area is 121 Å². The summed E-state index contributed by atoms with van der Waals surface area (Å²) < 4.78 is 13.6. The molecule has 0 aliphatic heterocycles. The van der Waals surface area contributed by atoms with Crippen LogP contribution in [-0.4, -0.2) is 17.0 Å². The van der Waals surface area contributed by atoms with Crippen molar-refractivity contribution >= 4 is 11.8 Å². The molecule has 0 fully saturated rings. The Morgan fingerprint density at radius 2 is 2.00 bits per heavy atom. The van der Waals surface area contributed by atoms with Crippen molar-refractivity contribution in [2.45, 2.75) is 51.8 Å². The van der Waals surface area contributed by atoms with Crippen molar-refractivity contribution in [1.29, 1.82) is 0 Å². The first-order valence-corrected chi connectivity index (χ1v) is 7.95. The van der Waals surface area contributed by atoms with Gasteiger partial charge in [0.05, 0.1) is 0 Å². The van der Waals surface area contributed by atoms with Gasteiger partial charge in [-0.25, -0.2) is 4.39 Å². The molecule has 0 spiro atoms. The van der Waals surface area contributed by atoms with Crippen LogP contribution in [0.25, 0.3) is 0 Å². The van der Waals surface area contributed by atoms with Crippen molar-refractivity contribution in [3.63, 3.8) is 0 Å². The molecule has 0 aromatic heterocycles. The summed E-state index contributed by atoms with van der Waals surface area (Å²) in [6, 6.07) is 5.74. The average Bonchev–Trinajstić information content (AvgIpc) is 2.32. The molecule has 1 atom stereocenters. The number of hydrogen-bond acceptors (Lipinski definition) is 2. The molecule has 3 heteroatoms. The Morgan fingerprint density at radius 3 is 2.53 bits per heavy atom. The molecule has 1 N–H and O–H groups in total. The standard InChI is InChI=1S/C16H26FNS/c1-6-9-18-15(11-19-16(3,4)5)13-7-8-14(17)12(2)10-13/h7-8,10,15,18H,6,9,11H2,1-5H3. The van der Waals surface area contributed by atoms with E-state index in [1.807, 2.05) is 30.8 Å². The van der Waals surface area contributed by atoms with E-state index in [-0.39, 0.29) is 10.6 Å². The maximum Gasteiger partial charge on any atom is 0.126 e. The van der Waals surface area contributed by atoms with Gasteiger partial charge in [-0.2, -0.15) is 11.8 Å². The van der Waals surface area contributed by atoms with Crippen molar-refractivity contribution < 1.29 is 4.39 Å². The van der Waals surface area contributed by atoms with Gasteiger partial charge in [0.15, 0.2) is 0 Å². The molecule has 0 radical (unpaired) electrons. The Bertz CT molecular complexity index is 398. The first kappa shape index (κ1) is 16.5. The van der Waals surface area contributed by atoms with Crippen LogP contribution in [0.5, 0.6) is 0 Å². The summed E-state index contributed by atoms with van der Waals surface area (Å²) in [5, 5.41) is 3.56. The monoisotopic (exact) mass is 283 g/mol. The molecule has 1 nitrogen and oxygen atoms in total. The molecular weight excluding hydrogens is 257 g/mol. The molecule has 1 rings (SSSR count). The van der Waals surface area contributed by atoms with Gasteiger partial charge in [-0.05, 0) is 37.1 Å². The van der Waals surface area contributed by atoms with E-state index < -0.39 is 0 Å². The van der Waals surface area contributed by atoms with E-state index in [0.717, 1.165) is 24.3 Å². The second kappa shape index (κ2) is 7.30. The van der Waals surface area contributed by atoms with Gasteiger partial charge in [0, 0.05) is 16.5 Å². The minimum Gasteiger partial charge on any atom is -0.309 e. The summed E-state index contributed by atoms with van der Waals surface area (Å²) in [6.07, 6.45) is 1.11. The SMILES string of the molecule is CCCNC(CSC(C)(C)C)c1ccc(F)c(C)c1. The molecule has 0 saturated heterocycles. The summed E-state index contributed by atoms with van der Waals surface area (Å²) in [4.78, 5) is 0. The molecule has 0 saturated carbocycles. The fourth-order valence-corrected chi connectivity index (χ4v) is 2.79. The highest BCUT2D eigenvalue weighted by Gasteiger charge is 2.17. The molecule has 0 bridgehead atoms. The molecule has 1 aromatic rings. The van der Waals surface area contributed by atoms with Crippen LogP contribution in [0.1, 0.15) is 51.3 Å². The summed E-state index contributed by atoms with van der Waals surface area (Å²) in [5.74, 6) is 0.885. The van der Waals surface area contributed by atoms with E-state index in [2.05, 4.69) is 33.0 Å². The first-order valence-electron chi connectivity index (χ1n) is 6.97. The third kappa shape index (κ3) is 5.96. The molecule has 0 aliphatic carbocycles. The van der Waals surface area contributed by atoms with Gasteiger partial charge in [0.1, 0.15) is 5.82 Å². The first-order chi connectivity index (χ1) is 8.83. The van der Waals surface area contributed by atoms with Crippen LogP contribution in [0.4, 0.5) is 4.39 Å². The Morgan fingerprint density at radius 1 is 1.32 bits per heavy atom. The quantitative estimate of drug-likeness (QED) is 0.811. The third-order valence-electron chi connectivity index (χ3n) is 2.91. The number of nitrogens with one attached hydrogen (secondary N) is 1. The lowest BCUT2D eigenvalue weighted by molar-refractivity contribution is 0.570. The Hall–Kier alpha value is -0.540. The third-order valence-corrected chi connectivity index (χ3v) is 4.27. The van der Waals surface area contributed by atoms with Crippen LogP contribution in [-0.2, 0) is 0 Å². The van der Waals surface area contributed by atoms with E-state index >= 15 is 0 Å². The maximum atomic E-state index is 13.4. The summed E-state index contributed by atoms with van der Waals surface area (Å²) in [6.45, 7) is 11.7. The van der Waals surface area contributed by atoms with Crippen molar-refractivity contribution in [2.75, 3.05) is 12.3 Å². The topological polar surface area (TPSA) is 12.0 Å². The molecular formula is C16H26FNS. The molecule has 0 aliphatic rings. The Balaban J connectivity index is 2.79. The van der Waals surface area contributed by atoms with E-state index in [1.165, 1.54) is 5.56 Å². The minimum atomic E-state index is -0.124. The van der Waals surface area contributed by atoms with E-state index in [4.69, 9.17) is 0 Å². The average molecular weight is 283 g/mol. The molecule has 0 amide bonds. The van der Waals surface area contributed by atoms with Crippen LogP contribution >= 0.6 is 11.8 Å². The fourth-order valence-electron chi connectivity index (χ4n) is 1.81. The fraction of sp³-hybridized carbons (Fsp3) is 0.625. The number of aryl methyl sites for hydroxylation is 1. The highest BCUT2D eigenvalue weighted by Crippen LogP contribution is 2.29. The van der Waals surface area contributed by atoms with Gasteiger partial charge in [-0.15, -0.1) is 0 Å². The van der Waals surface area contributed by atoms with Gasteiger partial charge in [-0.1, -0.05) is 39.8 Å². The maximum absolute atomic E-state index is 13.4. The number of benzene rings is 1. The minimum absolute atomic E-state index is 0.124. The number of halogens is 1. The zero-order valence-electron chi connectivity index (χ0n) is 12.7. The number of hydrogen-bond donors (Lipinski definition) is 1. The molecule has 1 aromatic carbocycles. The van der Waals surface area contributed by atoms with Crippen LogP contribution in [0.2, 0.25) is 0 Å². The zero-order valence-corrected chi connectivity index (χ0v) is 13.5. The summed E-state index contributed by atoms with van der Waals surface area (Å²) in [5.41, 5.74) is 1.91. The molecule has 19 heavy (non-hydrogen) atoms. The lowest BCUT2D eigenvalue weighted by atomic mass is 10.1. The van der Waals surface area contributed by atoms with Crippen LogP contribution in [0.3, 0.4) is 0 Å². The van der Waals surface area contributed by atoms with Crippen LogP contribution < -0.4 is 5.32 Å². The predicted octanol–water partition coefficient (Wildman–Crippen LogP) is 4.71. The lowest BCUT2D eigenvalue weighted by Gasteiger charge is -2.24. The highest BCUT2D eigenvalue weighted by atomic mass is 32.2. The molecule has 108 valence electrons. The van der Waals surface area contributed by atoms with Gasteiger partial charge in [0.2, 0.25) is 0 Å². The number of thioether (sulfide) groups is 1. The van der Waals surface area contributed by atoms with Gasteiger partial charge >= 0.3 is 0 Å². The Kier molecular flexibility index (Phi) is 6.34. The lowest BCUT2D eigenvalue weighted by Crippen LogP contribution is -2.26. The summed E-state index contributed by atoms with van der Waals surface area (Å²) in [7, 11) is 0. The van der Waals surface area contributed by atoms with Crippen molar-refractivity contribution in [2.24, 2.45) is 0 Å². The number of rotatable bonds is 6.